The largest absolute Gasteiger partial charge is 0.497 e. The van der Waals surface area contributed by atoms with Gasteiger partial charge in [-0.3, -0.25) is 4.79 Å². The molecule has 0 radical (unpaired) electrons. The van der Waals surface area contributed by atoms with E-state index in [0.717, 1.165) is 51.0 Å². The number of furan rings is 1. The highest BCUT2D eigenvalue weighted by Gasteiger charge is 2.16. The summed E-state index contributed by atoms with van der Waals surface area (Å²) in [5.41, 5.74) is 12.5. The normalized spacial score (nSPS) is 11.1. The number of nitrogens with one attached hydrogen (secondary N) is 1. The molecule has 0 bridgehead atoms. The smallest absolute Gasteiger partial charge is 0.310 e. The number of methoxy groups -OCH3 is 1. The summed E-state index contributed by atoms with van der Waals surface area (Å²) >= 11 is 0. The van der Waals surface area contributed by atoms with Crippen LogP contribution in [0.2, 0.25) is 0 Å². The van der Waals surface area contributed by atoms with E-state index in [1.54, 1.807) is 26.4 Å². The molecule has 1 aromatic heterocycles. The number of hydrogen-bond donors (Lipinski definition) is 2. The van der Waals surface area contributed by atoms with Crippen LogP contribution in [0, 0.1) is 5.92 Å². The van der Waals surface area contributed by atoms with Gasteiger partial charge in [-0.2, -0.15) is 0 Å². The van der Waals surface area contributed by atoms with Crippen LogP contribution >= 0.6 is 0 Å². The zero-order valence-electron chi connectivity index (χ0n) is 22.5. The molecule has 0 fully saturated rings. The number of rotatable bonds is 12. The molecule has 0 aliphatic carbocycles. The maximum atomic E-state index is 12.2. The molecule has 7 heteroatoms. The van der Waals surface area contributed by atoms with Gasteiger partial charge in [0, 0.05) is 35.7 Å². The number of carbonyl (C=O) groups is 1. The second kappa shape index (κ2) is 12.5. The molecular formula is C31H36N2O5. The fourth-order valence-corrected chi connectivity index (χ4v) is 4.25. The third kappa shape index (κ3) is 6.47. The van der Waals surface area contributed by atoms with E-state index >= 15 is 0 Å². The summed E-state index contributed by atoms with van der Waals surface area (Å²) in [5, 5.41) is 4.50. The number of fused-ring (bicyclic) bond motifs is 1. The predicted molar refractivity (Wildman–Crippen MR) is 151 cm³/mol. The molecule has 4 aromatic rings. The number of ether oxygens (including phenoxy) is 3. The predicted octanol–water partition coefficient (Wildman–Crippen LogP) is 6.32. The lowest BCUT2D eigenvalue weighted by Crippen LogP contribution is -2.09. The fraction of sp³-hybridized carbons (Fsp3) is 0.323. The zero-order valence-corrected chi connectivity index (χ0v) is 22.5. The monoisotopic (exact) mass is 516 g/mol. The first kappa shape index (κ1) is 27.1. The number of hydrogen-bond acceptors (Lipinski definition) is 7. The van der Waals surface area contributed by atoms with E-state index in [4.69, 9.17) is 24.4 Å². The molecule has 0 saturated heterocycles. The van der Waals surface area contributed by atoms with Gasteiger partial charge in [0.05, 0.1) is 32.1 Å². The summed E-state index contributed by atoms with van der Waals surface area (Å²) in [7, 11) is 1.60. The summed E-state index contributed by atoms with van der Waals surface area (Å²) in [6, 6.07) is 17.9. The first-order valence-electron chi connectivity index (χ1n) is 12.9. The number of nitrogens with two attached hydrogens (primary N) is 1. The molecule has 1 heterocycles. The van der Waals surface area contributed by atoms with Crippen LogP contribution in [0.5, 0.6) is 11.5 Å². The van der Waals surface area contributed by atoms with Crippen LogP contribution in [0.25, 0.3) is 22.1 Å². The molecule has 0 atom stereocenters. The maximum Gasteiger partial charge on any atom is 0.310 e. The number of carbonyl (C=O) groups excluding carboxylic acids is 1. The summed E-state index contributed by atoms with van der Waals surface area (Å²) in [5.74, 6) is 1.38. The minimum Gasteiger partial charge on any atom is -0.497 e. The van der Waals surface area contributed by atoms with E-state index in [2.05, 4.69) is 43.4 Å². The Morgan fingerprint density at radius 3 is 2.63 bits per heavy atom. The third-order valence-electron chi connectivity index (χ3n) is 6.25. The molecule has 4 rings (SSSR count). The van der Waals surface area contributed by atoms with Gasteiger partial charge in [0.15, 0.2) is 5.58 Å². The van der Waals surface area contributed by atoms with Crippen molar-refractivity contribution in [2.75, 3.05) is 25.6 Å². The Hall–Kier alpha value is -3.97. The first-order valence-corrected chi connectivity index (χ1v) is 12.9. The van der Waals surface area contributed by atoms with Crippen molar-refractivity contribution in [3.05, 3.63) is 77.6 Å². The number of esters is 1. The van der Waals surface area contributed by atoms with Gasteiger partial charge in [-0.1, -0.05) is 38.1 Å². The standard InChI is InChI=1S/C31H36N2O5/c1-5-36-30(34)14-23-9-10-26(35-4)15-29(23)37-18-25-19-38-31-27(25)12-24(13-28(31)33-17-20(2)3)22-8-6-7-21(11-22)16-32/h6-13,15,19-20,33H,5,14,16-18,32H2,1-4H3. The molecule has 3 N–H and O–H groups in total. The van der Waals surface area contributed by atoms with Gasteiger partial charge in [-0.05, 0) is 53.8 Å². The lowest BCUT2D eigenvalue weighted by molar-refractivity contribution is -0.142. The van der Waals surface area contributed by atoms with Crippen LogP contribution in [0.1, 0.15) is 37.5 Å². The van der Waals surface area contributed by atoms with E-state index in [-0.39, 0.29) is 19.0 Å². The van der Waals surface area contributed by atoms with Crippen LogP contribution < -0.4 is 20.5 Å². The molecular weight excluding hydrogens is 480 g/mol. The van der Waals surface area contributed by atoms with Crippen molar-refractivity contribution in [2.45, 2.75) is 40.3 Å². The Bertz CT molecular complexity index is 1390. The van der Waals surface area contributed by atoms with E-state index in [1.165, 1.54) is 0 Å². The topological polar surface area (TPSA) is 96.0 Å². The second-order valence-corrected chi connectivity index (χ2v) is 9.58. The van der Waals surface area contributed by atoms with Crippen LogP contribution in [0.4, 0.5) is 5.69 Å². The van der Waals surface area contributed by atoms with Crippen molar-refractivity contribution in [2.24, 2.45) is 11.7 Å². The van der Waals surface area contributed by atoms with Gasteiger partial charge in [-0.15, -0.1) is 0 Å². The SMILES string of the molecule is CCOC(=O)Cc1ccc(OC)cc1OCc1coc2c(NCC(C)C)cc(-c3cccc(CN)c3)cc12. The highest BCUT2D eigenvalue weighted by Crippen LogP contribution is 2.36. The molecule has 3 aromatic carbocycles. The van der Waals surface area contributed by atoms with Crippen LogP contribution in [0.3, 0.4) is 0 Å². The van der Waals surface area contributed by atoms with Gasteiger partial charge in [0.2, 0.25) is 0 Å². The van der Waals surface area contributed by atoms with Crippen LogP contribution in [-0.2, 0) is 29.1 Å². The van der Waals surface area contributed by atoms with E-state index < -0.39 is 0 Å². The van der Waals surface area contributed by atoms with Crippen molar-refractivity contribution in [3.8, 4) is 22.6 Å². The summed E-state index contributed by atoms with van der Waals surface area (Å²) < 4.78 is 22.8. The quantitative estimate of drug-likeness (QED) is 0.213. The van der Waals surface area contributed by atoms with E-state index in [1.807, 2.05) is 24.3 Å². The van der Waals surface area contributed by atoms with Crippen molar-refractivity contribution in [1.82, 2.24) is 0 Å². The fourth-order valence-electron chi connectivity index (χ4n) is 4.25. The van der Waals surface area contributed by atoms with E-state index in [9.17, 15) is 4.79 Å². The van der Waals surface area contributed by atoms with Gasteiger partial charge >= 0.3 is 5.97 Å². The molecule has 0 unspecified atom stereocenters. The molecule has 0 saturated carbocycles. The highest BCUT2D eigenvalue weighted by atomic mass is 16.5. The Morgan fingerprint density at radius 2 is 1.89 bits per heavy atom. The Balaban J connectivity index is 1.69. The summed E-state index contributed by atoms with van der Waals surface area (Å²) in [4.78, 5) is 12.2. The Labute approximate surface area is 223 Å². The van der Waals surface area contributed by atoms with Gasteiger partial charge in [0.25, 0.3) is 0 Å². The van der Waals surface area contributed by atoms with Crippen LogP contribution in [-0.4, -0.2) is 26.2 Å². The molecule has 0 spiro atoms. The Kier molecular flexibility index (Phi) is 8.92. The van der Waals surface area contributed by atoms with Gasteiger partial charge < -0.3 is 29.7 Å². The summed E-state index contributed by atoms with van der Waals surface area (Å²) in [6.45, 7) is 8.01. The molecule has 0 amide bonds. The second-order valence-electron chi connectivity index (χ2n) is 9.58. The minimum atomic E-state index is -0.304. The van der Waals surface area contributed by atoms with Crippen molar-refractivity contribution in [1.29, 1.82) is 0 Å². The lowest BCUT2D eigenvalue weighted by Gasteiger charge is -2.14. The number of benzene rings is 3. The molecule has 0 aliphatic heterocycles. The highest BCUT2D eigenvalue weighted by molar-refractivity contribution is 5.96. The molecule has 0 aliphatic rings. The average molecular weight is 517 g/mol. The first-order chi connectivity index (χ1) is 18.4. The van der Waals surface area contributed by atoms with Gasteiger partial charge in [0.1, 0.15) is 18.1 Å². The van der Waals surface area contributed by atoms with Crippen molar-refractivity contribution >= 4 is 22.6 Å². The van der Waals surface area contributed by atoms with Crippen molar-refractivity contribution < 1.29 is 23.4 Å². The van der Waals surface area contributed by atoms with E-state index in [0.29, 0.717) is 30.6 Å². The maximum absolute atomic E-state index is 12.2. The van der Waals surface area contributed by atoms with Crippen molar-refractivity contribution in [3.63, 3.8) is 0 Å². The Morgan fingerprint density at radius 1 is 1.05 bits per heavy atom. The third-order valence-corrected chi connectivity index (χ3v) is 6.25. The number of anilines is 1. The molecule has 200 valence electrons. The lowest BCUT2D eigenvalue weighted by atomic mass is 9.99. The summed E-state index contributed by atoms with van der Waals surface area (Å²) in [6.07, 6.45) is 1.85. The zero-order chi connectivity index (χ0) is 27.1. The van der Waals surface area contributed by atoms with Gasteiger partial charge in [-0.25, -0.2) is 0 Å². The average Bonchev–Trinajstić information content (AvgIpc) is 3.34. The molecule has 38 heavy (non-hydrogen) atoms. The van der Waals surface area contributed by atoms with Crippen LogP contribution in [0.15, 0.2) is 65.3 Å². The minimum absolute atomic E-state index is 0.115. The molecule has 7 nitrogen and oxygen atoms in total.